The molecule has 1 atom stereocenters. The van der Waals surface area contributed by atoms with Crippen LogP contribution >= 0.6 is 0 Å². The quantitative estimate of drug-likeness (QED) is 0.798. The molecule has 2 heteroatoms. The van der Waals surface area contributed by atoms with E-state index in [4.69, 9.17) is 4.74 Å². The fourth-order valence-electron chi connectivity index (χ4n) is 3.51. The predicted molar refractivity (Wildman–Crippen MR) is 89.7 cm³/mol. The maximum atomic E-state index is 6.20. The van der Waals surface area contributed by atoms with E-state index in [1.807, 2.05) is 6.07 Å². The van der Waals surface area contributed by atoms with Crippen molar-refractivity contribution in [2.75, 3.05) is 13.1 Å². The summed E-state index contributed by atoms with van der Waals surface area (Å²) in [5, 5.41) is 0. The summed E-state index contributed by atoms with van der Waals surface area (Å²) in [5.74, 6) is 2.08. The van der Waals surface area contributed by atoms with Gasteiger partial charge in [-0.2, -0.15) is 0 Å². The number of ether oxygens (including phenoxy) is 1. The molecule has 112 valence electrons. The monoisotopic (exact) mass is 291 g/mol. The lowest BCUT2D eigenvalue weighted by atomic mass is 10.0. The molecule has 22 heavy (non-hydrogen) atoms. The smallest absolute Gasteiger partial charge is 0.132 e. The van der Waals surface area contributed by atoms with Crippen molar-refractivity contribution >= 4 is 6.08 Å². The first-order chi connectivity index (χ1) is 10.9. The summed E-state index contributed by atoms with van der Waals surface area (Å²) < 4.78 is 6.20. The number of hydrogen-bond donors (Lipinski definition) is 0. The van der Waals surface area contributed by atoms with Gasteiger partial charge in [-0.05, 0) is 43.6 Å². The molecule has 2 aliphatic heterocycles. The zero-order chi connectivity index (χ0) is 14.8. The molecular formula is C20H21NO. The molecule has 0 amide bonds. The van der Waals surface area contributed by atoms with Crippen LogP contribution < -0.4 is 4.74 Å². The highest BCUT2D eigenvalue weighted by atomic mass is 16.5. The maximum absolute atomic E-state index is 6.20. The number of hydrogen-bond acceptors (Lipinski definition) is 2. The van der Waals surface area contributed by atoms with Crippen LogP contribution in [0.4, 0.5) is 0 Å². The van der Waals surface area contributed by atoms with Crippen molar-refractivity contribution < 1.29 is 4.74 Å². The molecule has 0 spiro atoms. The summed E-state index contributed by atoms with van der Waals surface area (Å²) in [5.41, 5.74) is 2.51. The Morgan fingerprint density at radius 1 is 0.864 bits per heavy atom. The molecule has 0 aliphatic carbocycles. The Labute approximate surface area is 132 Å². The molecular weight excluding hydrogens is 270 g/mol. The average Bonchev–Trinajstić information content (AvgIpc) is 2.94. The standard InChI is InChI=1S/C20H21NO/c1-3-9-16(10-4-1)15-19-20(21-13-7-2-8-14-21)17-11-5-6-12-18(17)22-19/h1,3-6,9-12,15,20H,2,7-8,13-14H2/b19-15-. The predicted octanol–water partition coefficient (Wildman–Crippen LogP) is 4.65. The minimum Gasteiger partial charge on any atom is -0.459 e. The van der Waals surface area contributed by atoms with Crippen molar-refractivity contribution in [3.63, 3.8) is 0 Å². The normalized spacial score (nSPS) is 23.3. The first-order valence-electron chi connectivity index (χ1n) is 8.19. The van der Waals surface area contributed by atoms with E-state index < -0.39 is 0 Å². The van der Waals surface area contributed by atoms with Crippen LogP contribution in [0.3, 0.4) is 0 Å². The van der Waals surface area contributed by atoms with Crippen LogP contribution in [-0.2, 0) is 0 Å². The van der Waals surface area contributed by atoms with Crippen molar-refractivity contribution in [3.05, 3.63) is 71.5 Å². The molecule has 4 rings (SSSR count). The molecule has 0 bridgehead atoms. The highest BCUT2D eigenvalue weighted by molar-refractivity contribution is 5.58. The van der Waals surface area contributed by atoms with Crippen molar-refractivity contribution in [3.8, 4) is 5.75 Å². The summed E-state index contributed by atoms with van der Waals surface area (Å²) in [7, 11) is 0. The Morgan fingerprint density at radius 3 is 2.41 bits per heavy atom. The molecule has 0 aromatic heterocycles. The second-order valence-electron chi connectivity index (χ2n) is 6.10. The van der Waals surface area contributed by atoms with E-state index in [1.165, 1.54) is 30.4 Å². The fourth-order valence-corrected chi connectivity index (χ4v) is 3.51. The molecule has 1 saturated heterocycles. The van der Waals surface area contributed by atoms with Gasteiger partial charge in [-0.15, -0.1) is 0 Å². The van der Waals surface area contributed by atoms with E-state index in [9.17, 15) is 0 Å². The van der Waals surface area contributed by atoms with Gasteiger partial charge in [0.15, 0.2) is 0 Å². The van der Waals surface area contributed by atoms with Gasteiger partial charge in [0, 0.05) is 5.56 Å². The third kappa shape index (κ3) is 2.55. The van der Waals surface area contributed by atoms with Crippen LogP contribution in [0, 0.1) is 0 Å². The summed E-state index contributed by atoms with van der Waals surface area (Å²) in [4.78, 5) is 2.57. The van der Waals surface area contributed by atoms with Gasteiger partial charge in [-0.3, -0.25) is 4.90 Å². The molecule has 2 aromatic rings. The number of likely N-dealkylation sites (tertiary alicyclic amines) is 1. The number of benzene rings is 2. The lowest BCUT2D eigenvalue weighted by molar-refractivity contribution is 0.172. The minimum atomic E-state index is 0.275. The van der Waals surface area contributed by atoms with E-state index in [1.54, 1.807) is 0 Å². The number of fused-ring (bicyclic) bond motifs is 1. The van der Waals surface area contributed by atoms with Gasteiger partial charge in [0.1, 0.15) is 11.5 Å². The Kier molecular flexibility index (Phi) is 3.69. The van der Waals surface area contributed by atoms with Gasteiger partial charge in [0.25, 0.3) is 0 Å². The van der Waals surface area contributed by atoms with Crippen molar-refractivity contribution in [1.29, 1.82) is 0 Å². The molecule has 2 aliphatic rings. The van der Waals surface area contributed by atoms with Gasteiger partial charge in [-0.1, -0.05) is 55.0 Å². The molecule has 0 saturated carbocycles. The molecule has 0 radical (unpaired) electrons. The van der Waals surface area contributed by atoms with Crippen molar-refractivity contribution in [2.45, 2.75) is 25.3 Å². The Bertz CT molecular complexity index is 671. The molecule has 2 heterocycles. The Morgan fingerprint density at radius 2 is 1.59 bits per heavy atom. The van der Waals surface area contributed by atoms with Crippen LogP contribution in [0.15, 0.2) is 60.4 Å². The minimum absolute atomic E-state index is 0.275. The second-order valence-corrected chi connectivity index (χ2v) is 6.10. The lowest BCUT2D eigenvalue weighted by Gasteiger charge is -2.32. The van der Waals surface area contributed by atoms with Gasteiger partial charge in [-0.25, -0.2) is 0 Å². The molecule has 2 aromatic carbocycles. The van der Waals surface area contributed by atoms with E-state index in [0.717, 1.165) is 24.6 Å². The molecule has 1 unspecified atom stereocenters. The van der Waals surface area contributed by atoms with Crippen LogP contribution in [0.1, 0.15) is 36.4 Å². The van der Waals surface area contributed by atoms with Gasteiger partial charge < -0.3 is 4.74 Å². The largest absolute Gasteiger partial charge is 0.459 e. The summed E-state index contributed by atoms with van der Waals surface area (Å²) in [6.45, 7) is 2.32. The van der Waals surface area contributed by atoms with Gasteiger partial charge in [0.2, 0.25) is 0 Å². The van der Waals surface area contributed by atoms with Crippen LogP contribution in [-0.4, -0.2) is 18.0 Å². The molecule has 2 nitrogen and oxygen atoms in total. The van der Waals surface area contributed by atoms with Crippen molar-refractivity contribution in [2.24, 2.45) is 0 Å². The van der Waals surface area contributed by atoms with Crippen LogP contribution in [0.5, 0.6) is 5.75 Å². The number of rotatable bonds is 2. The summed E-state index contributed by atoms with van der Waals surface area (Å²) >= 11 is 0. The van der Waals surface area contributed by atoms with E-state index in [0.29, 0.717) is 0 Å². The third-order valence-electron chi connectivity index (χ3n) is 4.58. The Balaban J connectivity index is 1.73. The van der Waals surface area contributed by atoms with Gasteiger partial charge >= 0.3 is 0 Å². The third-order valence-corrected chi connectivity index (χ3v) is 4.58. The zero-order valence-corrected chi connectivity index (χ0v) is 12.7. The summed E-state index contributed by atoms with van der Waals surface area (Å²) in [6, 6.07) is 19.2. The van der Waals surface area contributed by atoms with E-state index in [-0.39, 0.29) is 6.04 Å². The highest BCUT2D eigenvalue weighted by Gasteiger charge is 2.34. The average molecular weight is 291 g/mol. The van der Waals surface area contributed by atoms with E-state index >= 15 is 0 Å². The Hall–Kier alpha value is -2.06. The SMILES string of the molecule is C(=C1/Oc2ccccc2C1N1CCCCC1)/c1ccccc1. The van der Waals surface area contributed by atoms with E-state index in [2.05, 4.69) is 59.5 Å². The fraction of sp³-hybridized carbons (Fsp3) is 0.300. The number of nitrogens with zero attached hydrogens (tertiary/aromatic N) is 1. The lowest BCUT2D eigenvalue weighted by Crippen LogP contribution is -2.33. The zero-order valence-electron chi connectivity index (χ0n) is 12.7. The van der Waals surface area contributed by atoms with Crippen LogP contribution in [0.2, 0.25) is 0 Å². The molecule has 0 N–H and O–H groups in total. The molecule has 1 fully saturated rings. The number of piperidine rings is 1. The topological polar surface area (TPSA) is 12.5 Å². The van der Waals surface area contributed by atoms with Crippen molar-refractivity contribution in [1.82, 2.24) is 4.90 Å². The first kappa shape index (κ1) is 13.6. The summed E-state index contributed by atoms with van der Waals surface area (Å²) in [6.07, 6.45) is 6.12. The first-order valence-corrected chi connectivity index (χ1v) is 8.19. The number of para-hydroxylation sites is 1. The van der Waals surface area contributed by atoms with Crippen LogP contribution in [0.25, 0.3) is 6.08 Å². The van der Waals surface area contributed by atoms with Gasteiger partial charge in [0.05, 0.1) is 6.04 Å². The second kappa shape index (κ2) is 5.98. The highest BCUT2D eigenvalue weighted by Crippen LogP contribution is 2.44. The maximum Gasteiger partial charge on any atom is 0.132 e.